The fourth-order valence-corrected chi connectivity index (χ4v) is 1.65. The van der Waals surface area contributed by atoms with Crippen LogP contribution in [0.5, 0.6) is 0 Å². The van der Waals surface area contributed by atoms with E-state index in [4.69, 9.17) is 10.8 Å². The van der Waals surface area contributed by atoms with Gasteiger partial charge in [0.1, 0.15) is 5.84 Å². The summed E-state index contributed by atoms with van der Waals surface area (Å²) in [5.74, 6) is 0.127. The van der Waals surface area contributed by atoms with E-state index in [-0.39, 0.29) is 5.84 Å². The summed E-state index contributed by atoms with van der Waals surface area (Å²) < 4.78 is 22.0. The van der Waals surface area contributed by atoms with E-state index in [0.717, 1.165) is 6.26 Å². The van der Waals surface area contributed by atoms with Crippen LogP contribution in [0.2, 0.25) is 0 Å². The van der Waals surface area contributed by atoms with Crippen molar-refractivity contribution in [1.29, 1.82) is 10.8 Å². The summed E-state index contributed by atoms with van der Waals surface area (Å²) >= 11 is 0. The number of hydrogen-bond acceptors (Lipinski definition) is 5. The van der Waals surface area contributed by atoms with Gasteiger partial charge in [-0.05, 0) is 0 Å². The molecule has 1 fully saturated rings. The molecule has 3 N–H and O–H groups in total. The summed E-state index contributed by atoms with van der Waals surface area (Å²) in [6.07, 6.45) is 0.977. The molecule has 13 heavy (non-hydrogen) atoms. The smallest absolute Gasteiger partial charge is 0.221 e. The van der Waals surface area contributed by atoms with Crippen LogP contribution in [0.15, 0.2) is 0 Å². The van der Waals surface area contributed by atoms with Crippen molar-refractivity contribution in [2.24, 2.45) is 0 Å². The summed E-state index contributed by atoms with van der Waals surface area (Å²) in [5, 5.41) is 17.2. The molecule has 0 spiro atoms. The van der Waals surface area contributed by atoms with Crippen LogP contribution >= 0.6 is 0 Å². The average Bonchev–Trinajstić information content (AvgIpc) is 2.02. The first-order valence-corrected chi connectivity index (χ1v) is 5.66. The molecule has 7 heteroatoms. The Bertz CT molecular complexity index is 335. The monoisotopic (exact) mass is 204 g/mol. The minimum Gasteiger partial charge on any atom is -0.308 e. The highest BCUT2D eigenvalue weighted by molar-refractivity contribution is 8.05. The number of nitrogens with zero attached hydrogens (tertiary/aromatic N) is 1. The Balaban J connectivity index is 2.82. The maximum Gasteiger partial charge on any atom is 0.221 e. The molecule has 6 nitrogen and oxygen atoms in total. The second-order valence-corrected chi connectivity index (χ2v) is 4.78. The van der Waals surface area contributed by atoms with Gasteiger partial charge in [0.05, 0.1) is 6.54 Å². The lowest BCUT2D eigenvalue weighted by Crippen LogP contribution is -2.51. The highest BCUT2D eigenvalue weighted by Gasteiger charge is 2.24. The second kappa shape index (κ2) is 3.43. The molecule has 1 heterocycles. The molecule has 0 aromatic carbocycles. The predicted octanol–water partition coefficient (Wildman–Crippen LogP) is -1.15. The number of hydrogen-bond donors (Lipinski definition) is 3. The number of nitrogens with one attached hydrogen (secondary N) is 3. The van der Waals surface area contributed by atoms with Crippen LogP contribution in [0.1, 0.15) is 0 Å². The lowest BCUT2D eigenvalue weighted by atomic mass is 10.4. The summed E-state index contributed by atoms with van der Waals surface area (Å²) in [5.41, 5.74) is 0. The van der Waals surface area contributed by atoms with Gasteiger partial charge in [-0.15, -0.1) is 0 Å². The molecule has 0 atom stereocenters. The van der Waals surface area contributed by atoms with Gasteiger partial charge < -0.3 is 10.2 Å². The number of rotatable bonds is 0. The zero-order valence-electron chi connectivity index (χ0n) is 7.29. The highest BCUT2D eigenvalue weighted by Crippen LogP contribution is 2.00. The number of amidine groups is 2. The van der Waals surface area contributed by atoms with E-state index >= 15 is 0 Å². The van der Waals surface area contributed by atoms with Crippen LogP contribution in [0, 0.1) is 10.8 Å². The second-order valence-electron chi connectivity index (χ2n) is 2.85. The van der Waals surface area contributed by atoms with Crippen molar-refractivity contribution >= 4 is 20.8 Å². The van der Waals surface area contributed by atoms with E-state index < -0.39 is 15.0 Å². The summed E-state index contributed by atoms with van der Waals surface area (Å²) in [6.45, 7) is 1.28. The summed E-state index contributed by atoms with van der Waals surface area (Å²) in [6, 6.07) is 0. The Hall–Kier alpha value is -0.950. The molecule has 1 saturated heterocycles. The molecule has 0 unspecified atom stereocenters. The van der Waals surface area contributed by atoms with Gasteiger partial charge in [-0.25, -0.2) is 8.42 Å². The third-order valence-electron chi connectivity index (χ3n) is 1.73. The van der Waals surface area contributed by atoms with Crippen LogP contribution in [-0.4, -0.2) is 50.2 Å². The van der Waals surface area contributed by atoms with Crippen LogP contribution < -0.4 is 5.32 Å². The molecule has 0 aromatic rings. The molecular formula is C6H12N4O2S. The van der Waals surface area contributed by atoms with Crippen molar-refractivity contribution in [3.05, 3.63) is 0 Å². The van der Waals surface area contributed by atoms with Gasteiger partial charge in [0.25, 0.3) is 0 Å². The van der Waals surface area contributed by atoms with E-state index in [1.54, 1.807) is 0 Å². The maximum atomic E-state index is 11.0. The third-order valence-corrected chi connectivity index (χ3v) is 2.65. The first-order chi connectivity index (χ1) is 5.93. The number of piperazine rings is 1. The van der Waals surface area contributed by atoms with E-state index in [2.05, 4.69) is 5.32 Å². The molecule has 0 bridgehead atoms. The molecule has 0 aromatic heterocycles. The molecule has 1 rings (SSSR count). The highest BCUT2D eigenvalue weighted by atomic mass is 32.2. The quantitative estimate of drug-likeness (QED) is 0.343. The van der Waals surface area contributed by atoms with Crippen molar-refractivity contribution in [2.45, 2.75) is 0 Å². The van der Waals surface area contributed by atoms with Crippen molar-refractivity contribution < 1.29 is 8.42 Å². The molecule has 1 aliphatic heterocycles. The Morgan fingerprint density at radius 1 is 1.62 bits per heavy atom. The van der Waals surface area contributed by atoms with Crippen LogP contribution in [-0.2, 0) is 9.84 Å². The SMILES string of the molecule is CS(=O)(=O)C(=N)N1CCNCC1=N. The Morgan fingerprint density at radius 3 is 2.69 bits per heavy atom. The standard InChI is InChI=1S/C6H12N4O2S/c1-13(11,12)6(8)10-3-2-9-4-5(10)7/h7-9H,2-4H2,1H3. The Kier molecular flexibility index (Phi) is 2.67. The zero-order valence-corrected chi connectivity index (χ0v) is 8.11. The Morgan fingerprint density at radius 2 is 2.23 bits per heavy atom. The lowest BCUT2D eigenvalue weighted by molar-refractivity contribution is 0.512. The molecule has 1 aliphatic rings. The van der Waals surface area contributed by atoms with E-state index in [1.807, 2.05) is 0 Å². The van der Waals surface area contributed by atoms with E-state index in [0.29, 0.717) is 19.6 Å². The van der Waals surface area contributed by atoms with Gasteiger partial charge in [-0.2, -0.15) is 0 Å². The molecule has 0 amide bonds. The maximum absolute atomic E-state index is 11.0. The topological polar surface area (TPSA) is 97.1 Å². The molecular weight excluding hydrogens is 192 g/mol. The zero-order chi connectivity index (χ0) is 10.1. The first-order valence-electron chi connectivity index (χ1n) is 3.77. The van der Waals surface area contributed by atoms with Crippen molar-refractivity contribution in [2.75, 3.05) is 25.9 Å². The lowest BCUT2D eigenvalue weighted by Gasteiger charge is -2.28. The molecule has 74 valence electrons. The van der Waals surface area contributed by atoms with Gasteiger partial charge in [0.2, 0.25) is 15.0 Å². The van der Waals surface area contributed by atoms with Crippen LogP contribution in [0.3, 0.4) is 0 Å². The molecule has 0 aliphatic carbocycles. The van der Waals surface area contributed by atoms with E-state index in [1.165, 1.54) is 4.90 Å². The van der Waals surface area contributed by atoms with Gasteiger partial charge >= 0.3 is 0 Å². The van der Waals surface area contributed by atoms with Crippen LogP contribution in [0.4, 0.5) is 0 Å². The summed E-state index contributed by atoms with van der Waals surface area (Å²) in [4.78, 5) is 1.20. The minimum absolute atomic E-state index is 0.127. The average molecular weight is 204 g/mol. The fourth-order valence-electron chi connectivity index (χ4n) is 1.05. The normalized spacial score (nSPS) is 18.8. The summed E-state index contributed by atoms with van der Waals surface area (Å²) in [7, 11) is -3.49. The molecule has 0 radical (unpaired) electrons. The van der Waals surface area contributed by atoms with Crippen molar-refractivity contribution in [3.63, 3.8) is 0 Å². The first kappa shape index (κ1) is 10.1. The van der Waals surface area contributed by atoms with Crippen LogP contribution in [0.25, 0.3) is 0 Å². The fraction of sp³-hybridized carbons (Fsp3) is 0.667. The van der Waals surface area contributed by atoms with Gasteiger partial charge in [0.15, 0.2) is 0 Å². The van der Waals surface area contributed by atoms with Gasteiger partial charge in [0, 0.05) is 19.3 Å². The van der Waals surface area contributed by atoms with E-state index in [9.17, 15) is 8.42 Å². The van der Waals surface area contributed by atoms with Crippen molar-refractivity contribution in [1.82, 2.24) is 10.2 Å². The largest absolute Gasteiger partial charge is 0.308 e. The minimum atomic E-state index is -3.49. The number of sulfone groups is 1. The Labute approximate surface area is 76.9 Å². The third kappa shape index (κ3) is 2.25. The predicted molar refractivity (Wildman–Crippen MR) is 49.9 cm³/mol. The van der Waals surface area contributed by atoms with Crippen molar-refractivity contribution in [3.8, 4) is 0 Å². The van der Waals surface area contributed by atoms with Gasteiger partial charge in [-0.1, -0.05) is 0 Å². The molecule has 0 saturated carbocycles. The van der Waals surface area contributed by atoms with Gasteiger partial charge in [-0.3, -0.25) is 10.8 Å².